The molecule has 0 amide bonds. The minimum Gasteiger partial charge on any atom is -0.390 e. The molecule has 0 aliphatic carbocycles. The maximum absolute atomic E-state index is 9.64. The molecule has 80 valence electrons. The van der Waals surface area contributed by atoms with Gasteiger partial charge >= 0.3 is 0 Å². The molecule has 1 aromatic rings. The van der Waals surface area contributed by atoms with Crippen molar-refractivity contribution in [2.45, 2.75) is 38.9 Å². The normalized spacial score (nSPS) is 15.8. The summed E-state index contributed by atoms with van der Waals surface area (Å²) in [5.41, 5.74) is 1.24. The topological polar surface area (TPSA) is 40.5 Å². The van der Waals surface area contributed by atoms with Crippen molar-refractivity contribution in [3.63, 3.8) is 0 Å². The van der Waals surface area contributed by atoms with Crippen molar-refractivity contribution >= 4 is 11.3 Å². The lowest BCUT2D eigenvalue weighted by atomic mass is 9.97. The van der Waals surface area contributed by atoms with E-state index in [4.69, 9.17) is 0 Å². The lowest BCUT2D eigenvalue weighted by molar-refractivity contribution is -0.0118. The summed E-state index contributed by atoms with van der Waals surface area (Å²) in [6, 6.07) is 2.05. The first-order valence-electron chi connectivity index (χ1n) is 4.98. The van der Waals surface area contributed by atoms with Gasteiger partial charge in [-0.25, -0.2) is 0 Å². The Bertz CT molecular complexity index is 244. The third-order valence-electron chi connectivity index (χ3n) is 2.39. The molecule has 3 heteroatoms. The zero-order valence-electron chi connectivity index (χ0n) is 8.68. The standard InChI is InChI=1S/C11H18O2S/c1-8(2)11(13)10(12)4-3-9-5-6-14-7-9/h5-8,10-13H,3-4H2,1-2H3. The summed E-state index contributed by atoms with van der Waals surface area (Å²) in [4.78, 5) is 0. The van der Waals surface area contributed by atoms with Crippen molar-refractivity contribution < 1.29 is 10.2 Å². The molecule has 2 atom stereocenters. The molecule has 1 heterocycles. The SMILES string of the molecule is CC(C)C(O)C(O)CCc1ccsc1. The van der Waals surface area contributed by atoms with Gasteiger partial charge in [0.2, 0.25) is 0 Å². The number of hydrogen-bond acceptors (Lipinski definition) is 3. The van der Waals surface area contributed by atoms with Crippen LogP contribution in [0.25, 0.3) is 0 Å². The van der Waals surface area contributed by atoms with Gasteiger partial charge in [0.15, 0.2) is 0 Å². The maximum atomic E-state index is 9.64. The van der Waals surface area contributed by atoms with E-state index in [1.807, 2.05) is 19.2 Å². The second kappa shape index (κ2) is 5.49. The first kappa shape index (κ1) is 11.7. The van der Waals surface area contributed by atoms with Crippen molar-refractivity contribution in [1.82, 2.24) is 0 Å². The highest BCUT2D eigenvalue weighted by atomic mass is 32.1. The Morgan fingerprint density at radius 3 is 2.57 bits per heavy atom. The Morgan fingerprint density at radius 1 is 1.36 bits per heavy atom. The minimum absolute atomic E-state index is 0.118. The van der Waals surface area contributed by atoms with Crippen LogP contribution in [0.15, 0.2) is 16.8 Å². The number of rotatable bonds is 5. The molecule has 0 aliphatic heterocycles. The highest BCUT2D eigenvalue weighted by Crippen LogP contribution is 2.14. The van der Waals surface area contributed by atoms with Crippen LogP contribution in [0.4, 0.5) is 0 Å². The lowest BCUT2D eigenvalue weighted by Gasteiger charge is -2.20. The molecule has 14 heavy (non-hydrogen) atoms. The Hall–Kier alpha value is -0.380. The molecule has 1 rings (SSSR count). The van der Waals surface area contributed by atoms with Gasteiger partial charge in [-0.2, -0.15) is 11.3 Å². The molecule has 2 nitrogen and oxygen atoms in total. The first-order valence-corrected chi connectivity index (χ1v) is 5.92. The van der Waals surface area contributed by atoms with E-state index in [9.17, 15) is 10.2 Å². The molecule has 0 bridgehead atoms. The van der Waals surface area contributed by atoms with Crippen LogP contribution in [-0.2, 0) is 6.42 Å². The Morgan fingerprint density at radius 2 is 2.07 bits per heavy atom. The average Bonchev–Trinajstić information content (AvgIpc) is 2.65. The highest BCUT2D eigenvalue weighted by molar-refractivity contribution is 7.07. The van der Waals surface area contributed by atoms with Gasteiger partial charge in [-0.1, -0.05) is 13.8 Å². The van der Waals surface area contributed by atoms with Crippen LogP contribution in [0.2, 0.25) is 0 Å². The fourth-order valence-corrected chi connectivity index (χ4v) is 2.07. The number of hydrogen-bond donors (Lipinski definition) is 2. The van der Waals surface area contributed by atoms with Crippen LogP contribution in [0.1, 0.15) is 25.8 Å². The van der Waals surface area contributed by atoms with Gasteiger partial charge in [0.1, 0.15) is 0 Å². The summed E-state index contributed by atoms with van der Waals surface area (Å²) in [6.45, 7) is 3.83. The summed E-state index contributed by atoms with van der Waals surface area (Å²) in [7, 11) is 0. The molecule has 0 saturated heterocycles. The van der Waals surface area contributed by atoms with Crippen molar-refractivity contribution in [2.24, 2.45) is 5.92 Å². The second-order valence-electron chi connectivity index (χ2n) is 3.97. The van der Waals surface area contributed by atoms with Gasteiger partial charge in [0, 0.05) is 0 Å². The van der Waals surface area contributed by atoms with Gasteiger partial charge in [-0.15, -0.1) is 0 Å². The molecule has 2 unspecified atom stereocenters. The highest BCUT2D eigenvalue weighted by Gasteiger charge is 2.19. The van der Waals surface area contributed by atoms with E-state index < -0.39 is 12.2 Å². The number of thiophene rings is 1. The van der Waals surface area contributed by atoms with Crippen LogP contribution < -0.4 is 0 Å². The second-order valence-corrected chi connectivity index (χ2v) is 4.75. The maximum Gasteiger partial charge on any atom is 0.0822 e. The van der Waals surface area contributed by atoms with Gasteiger partial charge in [0.25, 0.3) is 0 Å². The Labute approximate surface area is 89.2 Å². The zero-order valence-corrected chi connectivity index (χ0v) is 9.50. The number of aliphatic hydroxyl groups excluding tert-OH is 2. The molecule has 0 radical (unpaired) electrons. The van der Waals surface area contributed by atoms with Crippen molar-refractivity contribution in [1.29, 1.82) is 0 Å². The molecule has 0 spiro atoms. The number of aryl methyl sites for hydroxylation is 1. The summed E-state index contributed by atoms with van der Waals surface area (Å²) < 4.78 is 0. The molecule has 0 aromatic carbocycles. The average molecular weight is 214 g/mol. The Balaban J connectivity index is 2.31. The zero-order chi connectivity index (χ0) is 10.6. The Kier molecular flexibility index (Phi) is 4.58. The van der Waals surface area contributed by atoms with Crippen LogP contribution in [0.3, 0.4) is 0 Å². The summed E-state index contributed by atoms with van der Waals surface area (Å²) >= 11 is 1.66. The largest absolute Gasteiger partial charge is 0.390 e. The summed E-state index contributed by atoms with van der Waals surface area (Å²) in [5.74, 6) is 0.118. The molecular weight excluding hydrogens is 196 g/mol. The van der Waals surface area contributed by atoms with E-state index in [0.717, 1.165) is 6.42 Å². The van der Waals surface area contributed by atoms with Crippen molar-refractivity contribution in [3.05, 3.63) is 22.4 Å². The smallest absolute Gasteiger partial charge is 0.0822 e. The third kappa shape index (κ3) is 3.40. The van der Waals surface area contributed by atoms with E-state index in [1.165, 1.54) is 5.56 Å². The van der Waals surface area contributed by atoms with E-state index in [1.54, 1.807) is 11.3 Å². The van der Waals surface area contributed by atoms with Gasteiger partial charge in [-0.05, 0) is 41.1 Å². The van der Waals surface area contributed by atoms with Gasteiger partial charge in [0.05, 0.1) is 12.2 Å². The fraction of sp³-hybridized carbons (Fsp3) is 0.636. The summed E-state index contributed by atoms with van der Waals surface area (Å²) in [6.07, 6.45) is 0.272. The predicted molar refractivity (Wildman–Crippen MR) is 59.5 cm³/mol. The molecular formula is C11H18O2S. The molecule has 2 N–H and O–H groups in total. The first-order chi connectivity index (χ1) is 6.61. The van der Waals surface area contributed by atoms with Crippen LogP contribution in [-0.4, -0.2) is 22.4 Å². The fourth-order valence-electron chi connectivity index (χ4n) is 1.36. The van der Waals surface area contributed by atoms with E-state index in [0.29, 0.717) is 6.42 Å². The third-order valence-corrected chi connectivity index (χ3v) is 3.12. The summed E-state index contributed by atoms with van der Waals surface area (Å²) in [5, 5.41) is 23.3. The van der Waals surface area contributed by atoms with Crippen LogP contribution in [0, 0.1) is 5.92 Å². The molecule has 0 saturated carbocycles. The number of aliphatic hydroxyl groups is 2. The molecule has 0 fully saturated rings. The predicted octanol–water partition coefficient (Wildman–Crippen LogP) is 2.06. The lowest BCUT2D eigenvalue weighted by Crippen LogP contribution is -2.31. The van der Waals surface area contributed by atoms with Crippen molar-refractivity contribution in [2.75, 3.05) is 0 Å². The van der Waals surface area contributed by atoms with Gasteiger partial charge < -0.3 is 10.2 Å². The van der Waals surface area contributed by atoms with Crippen LogP contribution in [0.5, 0.6) is 0 Å². The molecule has 0 aliphatic rings. The van der Waals surface area contributed by atoms with Crippen LogP contribution >= 0.6 is 11.3 Å². The van der Waals surface area contributed by atoms with E-state index in [-0.39, 0.29) is 5.92 Å². The monoisotopic (exact) mass is 214 g/mol. The minimum atomic E-state index is -0.603. The van der Waals surface area contributed by atoms with Gasteiger partial charge in [-0.3, -0.25) is 0 Å². The molecule has 1 aromatic heterocycles. The quantitative estimate of drug-likeness (QED) is 0.787. The van der Waals surface area contributed by atoms with Crippen molar-refractivity contribution in [3.8, 4) is 0 Å². The van der Waals surface area contributed by atoms with E-state index >= 15 is 0 Å². The van der Waals surface area contributed by atoms with E-state index in [2.05, 4.69) is 11.4 Å².